The Morgan fingerprint density at radius 3 is 1.76 bits per heavy atom. The Kier molecular flexibility index (Phi) is 12.4. The van der Waals surface area contributed by atoms with Crippen molar-refractivity contribution in [2.75, 3.05) is 0 Å². The van der Waals surface area contributed by atoms with E-state index in [2.05, 4.69) is 85.8 Å². The Balaban J connectivity index is 0.000000173. The van der Waals surface area contributed by atoms with E-state index >= 15 is 0 Å². The van der Waals surface area contributed by atoms with Gasteiger partial charge in [0.05, 0.1) is 22.7 Å². The Morgan fingerprint density at radius 1 is 0.600 bits per heavy atom. The van der Waals surface area contributed by atoms with Crippen LogP contribution in [-0.4, -0.2) is 24.4 Å². The summed E-state index contributed by atoms with van der Waals surface area (Å²) in [5.41, 5.74) is 3.97. The van der Waals surface area contributed by atoms with Gasteiger partial charge in [-0.05, 0) is 59.9 Å². The fourth-order valence-electron chi connectivity index (χ4n) is 6.04. The summed E-state index contributed by atoms with van der Waals surface area (Å²) in [6, 6.07) is 42.5. The molecule has 252 valence electrons. The molecule has 5 aromatic carbocycles. The van der Waals surface area contributed by atoms with Gasteiger partial charge < -0.3 is 9.13 Å². The molecule has 0 aliphatic carbocycles. The number of aryl methyl sites for hydroxylation is 1. The molecule has 0 aliphatic heterocycles. The number of benzene rings is 5. The molecule has 0 bridgehead atoms. The molecule has 50 heavy (non-hydrogen) atoms. The highest BCUT2D eigenvalue weighted by molar-refractivity contribution is 8.00. The van der Waals surface area contributed by atoms with Crippen molar-refractivity contribution in [3.63, 3.8) is 0 Å². The SMILES string of the molecule is Clc1ccc(CCC(Cn2ccnc2)Sc2c(Cl)cccc2Cl)cc1.Clc1ccccc1C(c1ccccc1)(c1ccccc1)n1ccnc1. The fraction of sp³-hybridized carbons (Fsp3) is 0.122. The monoisotopic (exact) mass is 754 g/mol. The minimum Gasteiger partial charge on any atom is -0.336 e. The number of rotatable bonds is 11. The highest BCUT2D eigenvalue weighted by Gasteiger charge is 2.39. The van der Waals surface area contributed by atoms with Crippen molar-refractivity contribution in [1.82, 2.24) is 19.1 Å². The van der Waals surface area contributed by atoms with Crippen molar-refractivity contribution >= 4 is 58.2 Å². The topological polar surface area (TPSA) is 35.6 Å². The van der Waals surface area contributed by atoms with E-state index in [0.29, 0.717) is 15.3 Å². The van der Waals surface area contributed by atoms with E-state index < -0.39 is 5.54 Å². The molecule has 1 atom stereocenters. The van der Waals surface area contributed by atoms with Crippen molar-refractivity contribution in [1.29, 1.82) is 0 Å². The van der Waals surface area contributed by atoms with E-state index in [9.17, 15) is 0 Å². The van der Waals surface area contributed by atoms with Gasteiger partial charge in [0.2, 0.25) is 0 Å². The molecule has 7 aromatic rings. The number of aromatic nitrogens is 4. The molecule has 1 unspecified atom stereocenters. The number of thioether (sulfide) groups is 1. The van der Waals surface area contributed by atoms with E-state index in [4.69, 9.17) is 46.4 Å². The fourth-order valence-corrected chi connectivity index (χ4v) is 8.28. The lowest BCUT2D eigenvalue weighted by atomic mass is 9.76. The number of nitrogens with zero attached hydrogens (tertiary/aromatic N) is 4. The highest BCUT2D eigenvalue weighted by atomic mass is 35.5. The van der Waals surface area contributed by atoms with Crippen LogP contribution in [0.5, 0.6) is 0 Å². The average molecular weight is 757 g/mol. The van der Waals surface area contributed by atoms with Crippen LogP contribution in [0.2, 0.25) is 20.1 Å². The van der Waals surface area contributed by atoms with E-state index in [1.54, 1.807) is 24.2 Å². The Hall–Kier alpha value is -3.97. The molecule has 0 fully saturated rings. The van der Waals surface area contributed by atoms with E-state index in [-0.39, 0.29) is 0 Å². The Bertz CT molecular complexity index is 1990. The molecular formula is C41H34Cl4N4S. The second-order valence-electron chi connectivity index (χ2n) is 11.6. The van der Waals surface area contributed by atoms with Crippen LogP contribution in [0.3, 0.4) is 0 Å². The summed E-state index contributed by atoms with van der Waals surface area (Å²) in [6.45, 7) is 0.847. The zero-order valence-electron chi connectivity index (χ0n) is 27.0. The Labute approximate surface area is 317 Å². The normalized spacial score (nSPS) is 11.8. The van der Waals surface area contributed by atoms with Gasteiger partial charge in [0.1, 0.15) is 5.54 Å². The van der Waals surface area contributed by atoms with Gasteiger partial charge in [-0.15, -0.1) is 11.8 Å². The maximum atomic E-state index is 6.69. The van der Waals surface area contributed by atoms with Crippen molar-refractivity contribution in [2.45, 2.75) is 35.1 Å². The lowest BCUT2D eigenvalue weighted by Gasteiger charge is -2.37. The largest absolute Gasteiger partial charge is 0.336 e. The molecule has 0 N–H and O–H groups in total. The predicted octanol–water partition coefficient (Wildman–Crippen LogP) is 12.0. The summed E-state index contributed by atoms with van der Waals surface area (Å²) < 4.78 is 4.21. The first-order valence-electron chi connectivity index (χ1n) is 16.1. The van der Waals surface area contributed by atoms with Gasteiger partial charge in [-0.25, -0.2) is 9.97 Å². The van der Waals surface area contributed by atoms with Crippen molar-refractivity contribution in [3.8, 4) is 0 Å². The van der Waals surface area contributed by atoms with Crippen LogP contribution in [0.15, 0.2) is 170 Å². The second-order valence-corrected chi connectivity index (χ2v) is 14.6. The predicted molar refractivity (Wildman–Crippen MR) is 210 cm³/mol. The van der Waals surface area contributed by atoms with Crippen LogP contribution < -0.4 is 0 Å². The van der Waals surface area contributed by atoms with Gasteiger partial charge in [0, 0.05) is 57.1 Å². The maximum Gasteiger partial charge on any atom is 0.123 e. The molecule has 9 heteroatoms. The smallest absolute Gasteiger partial charge is 0.123 e. The summed E-state index contributed by atoms with van der Waals surface area (Å²) in [5.74, 6) is 0. The minimum atomic E-state index is -0.586. The molecule has 0 saturated heterocycles. The first kappa shape index (κ1) is 35.8. The minimum absolute atomic E-state index is 0.322. The molecule has 0 amide bonds. The van der Waals surface area contributed by atoms with Crippen molar-refractivity contribution < 1.29 is 0 Å². The third-order valence-electron chi connectivity index (χ3n) is 8.38. The number of hydrogen-bond acceptors (Lipinski definition) is 3. The Morgan fingerprint density at radius 2 is 1.18 bits per heavy atom. The van der Waals surface area contributed by atoms with Gasteiger partial charge in [-0.3, -0.25) is 0 Å². The molecule has 0 radical (unpaired) electrons. The standard InChI is InChI=1S/C22H17ClN2.C19H17Cl3N2S/c23-21-14-8-7-13-20(21)22(25-16-15-24-17-25,18-9-3-1-4-10-18)19-11-5-2-6-12-19;20-15-7-4-14(5-8-15)6-9-16(12-24-11-10-23-13-24)25-19-17(21)2-1-3-18(19)22/h1-17H;1-5,7-8,10-11,13,16H,6,9,12H2. The molecular weight excluding hydrogens is 722 g/mol. The molecule has 7 rings (SSSR count). The number of halogens is 4. The first-order valence-corrected chi connectivity index (χ1v) is 18.5. The van der Waals surface area contributed by atoms with Gasteiger partial charge in [-0.2, -0.15) is 0 Å². The van der Waals surface area contributed by atoms with Crippen LogP contribution in [0.1, 0.15) is 28.7 Å². The van der Waals surface area contributed by atoms with Crippen LogP contribution >= 0.6 is 58.2 Å². The van der Waals surface area contributed by atoms with E-state index in [0.717, 1.165) is 51.0 Å². The summed E-state index contributed by atoms with van der Waals surface area (Å²) >= 11 is 27.1. The third-order valence-corrected chi connectivity index (χ3v) is 11.2. The molecule has 2 aromatic heterocycles. The third kappa shape index (κ3) is 8.48. The zero-order chi connectivity index (χ0) is 34.8. The second kappa shape index (κ2) is 17.3. The molecule has 2 heterocycles. The van der Waals surface area contributed by atoms with E-state index in [1.165, 1.54) is 5.56 Å². The molecule has 0 aliphatic rings. The van der Waals surface area contributed by atoms with Gasteiger partial charge in [-0.1, -0.05) is 143 Å². The number of hydrogen-bond donors (Lipinski definition) is 0. The van der Waals surface area contributed by atoms with Crippen molar-refractivity contribution in [2.24, 2.45) is 0 Å². The highest BCUT2D eigenvalue weighted by Crippen LogP contribution is 2.43. The van der Waals surface area contributed by atoms with Crippen LogP contribution in [0.25, 0.3) is 0 Å². The summed E-state index contributed by atoms with van der Waals surface area (Å²) in [7, 11) is 0. The van der Waals surface area contributed by atoms with Crippen LogP contribution in [0, 0.1) is 0 Å². The van der Waals surface area contributed by atoms with Crippen LogP contribution in [0.4, 0.5) is 0 Å². The van der Waals surface area contributed by atoms with Gasteiger partial charge in [0.25, 0.3) is 0 Å². The summed E-state index contributed by atoms with van der Waals surface area (Å²) in [5, 5.41) is 3.20. The van der Waals surface area contributed by atoms with E-state index in [1.807, 2.05) is 85.7 Å². The van der Waals surface area contributed by atoms with Gasteiger partial charge >= 0.3 is 0 Å². The first-order chi connectivity index (χ1) is 24.4. The lowest BCUT2D eigenvalue weighted by Crippen LogP contribution is -2.37. The molecule has 0 saturated carbocycles. The lowest BCUT2D eigenvalue weighted by molar-refractivity contribution is 0.515. The zero-order valence-corrected chi connectivity index (χ0v) is 30.8. The van der Waals surface area contributed by atoms with Crippen LogP contribution in [-0.2, 0) is 18.5 Å². The maximum absolute atomic E-state index is 6.69. The average Bonchev–Trinajstić information content (AvgIpc) is 3.88. The quantitative estimate of drug-likeness (QED) is 0.0974. The van der Waals surface area contributed by atoms with Crippen molar-refractivity contribution in [3.05, 3.63) is 207 Å². The van der Waals surface area contributed by atoms with Gasteiger partial charge in [0.15, 0.2) is 0 Å². The summed E-state index contributed by atoms with van der Waals surface area (Å²) in [4.78, 5) is 9.38. The molecule has 0 spiro atoms. The molecule has 4 nitrogen and oxygen atoms in total. The number of imidazole rings is 2. The summed E-state index contributed by atoms with van der Waals surface area (Å²) in [6.07, 6.45) is 13.2.